The van der Waals surface area contributed by atoms with Crippen LogP contribution in [0.3, 0.4) is 0 Å². The SMILES string of the molecule is CC1(CC[C@H]2CC3(COC(N)=N3)c3cc(-c4cccnc4F)ccc3O2)CCO1. The van der Waals surface area contributed by atoms with Crippen LogP contribution in [0.1, 0.15) is 38.2 Å². The highest BCUT2D eigenvalue weighted by Crippen LogP contribution is 2.47. The molecule has 29 heavy (non-hydrogen) atoms. The van der Waals surface area contributed by atoms with E-state index in [1.54, 1.807) is 12.1 Å². The van der Waals surface area contributed by atoms with Crippen LogP contribution >= 0.6 is 0 Å². The van der Waals surface area contributed by atoms with E-state index < -0.39 is 11.5 Å². The molecular formula is C22H24FN3O3. The molecule has 1 aromatic carbocycles. The molecule has 3 aliphatic heterocycles. The van der Waals surface area contributed by atoms with E-state index in [0.717, 1.165) is 42.7 Å². The third-order valence-electron chi connectivity index (χ3n) is 6.27. The van der Waals surface area contributed by atoms with Crippen molar-refractivity contribution in [2.75, 3.05) is 13.2 Å². The second-order valence-corrected chi connectivity index (χ2v) is 8.35. The number of halogens is 1. The minimum atomic E-state index is -0.613. The smallest absolute Gasteiger partial charge is 0.283 e. The summed E-state index contributed by atoms with van der Waals surface area (Å²) < 4.78 is 31.8. The zero-order chi connectivity index (χ0) is 20.1. The minimum absolute atomic E-state index is 0.0113. The number of ether oxygens (including phenoxy) is 3. The Morgan fingerprint density at radius 2 is 2.17 bits per heavy atom. The molecule has 6 nitrogen and oxygen atoms in total. The number of nitrogens with two attached hydrogens (primary N) is 1. The fourth-order valence-corrected chi connectivity index (χ4v) is 4.46. The van der Waals surface area contributed by atoms with Gasteiger partial charge in [0.2, 0.25) is 5.95 Å². The molecule has 0 saturated carbocycles. The number of amidine groups is 1. The van der Waals surface area contributed by atoms with E-state index in [4.69, 9.17) is 19.9 Å². The van der Waals surface area contributed by atoms with Gasteiger partial charge in [-0.15, -0.1) is 0 Å². The topological polar surface area (TPSA) is 79.0 Å². The number of benzene rings is 1. The maximum absolute atomic E-state index is 14.2. The number of aromatic nitrogens is 1. The van der Waals surface area contributed by atoms with Crippen LogP contribution in [0.15, 0.2) is 41.5 Å². The predicted octanol–water partition coefficient (Wildman–Crippen LogP) is 3.54. The summed E-state index contributed by atoms with van der Waals surface area (Å²) in [6.45, 7) is 3.34. The lowest BCUT2D eigenvalue weighted by Crippen LogP contribution is -2.43. The first-order valence-corrected chi connectivity index (χ1v) is 10.0. The lowest BCUT2D eigenvalue weighted by atomic mass is 9.80. The van der Waals surface area contributed by atoms with Crippen molar-refractivity contribution < 1.29 is 18.6 Å². The zero-order valence-corrected chi connectivity index (χ0v) is 16.4. The van der Waals surface area contributed by atoms with E-state index >= 15 is 0 Å². The van der Waals surface area contributed by atoms with Crippen LogP contribution in [0, 0.1) is 5.95 Å². The number of rotatable bonds is 4. The molecule has 152 valence electrons. The van der Waals surface area contributed by atoms with Gasteiger partial charge in [0.15, 0.2) is 0 Å². The molecule has 5 rings (SSSR count). The van der Waals surface area contributed by atoms with Crippen LogP contribution in [0.4, 0.5) is 4.39 Å². The number of nitrogens with zero attached hydrogens (tertiary/aromatic N) is 2. The number of fused-ring (bicyclic) bond motifs is 2. The van der Waals surface area contributed by atoms with Gasteiger partial charge >= 0.3 is 0 Å². The van der Waals surface area contributed by atoms with Gasteiger partial charge in [0.1, 0.15) is 24.0 Å². The minimum Gasteiger partial charge on any atom is -0.490 e. The summed E-state index contributed by atoms with van der Waals surface area (Å²) in [6, 6.07) is 9.28. The Labute approximate surface area is 168 Å². The molecule has 2 N–H and O–H groups in total. The van der Waals surface area contributed by atoms with Crippen LogP contribution in [0.2, 0.25) is 0 Å². The van der Waals surface area contributed by atoms with Gasteiger partial charge in [0, 0.05) is 23.7 Å². The summed E-state index contributed by atoms with van der Waals surface area (Å²) in [6.07, 6.45) is 4.97. The highest BCUT2D eigenvalue weighted by molar-refractivity contribution is 5.75. The lowest BCUT2D eigenvalue weighted by molar-refractivity contribution is -0.142. The van der Waals surface area contributed by atoms with Crippen molar-refractivity contribution in [1.29, 1.82) is 0 Å². The third kappa shape index (κ3) is 3.23. The van der Waals surface area contributed by atoms with Gasteiger partial charge in [-0.25, -0.2) is 9.98 Å². The van der Waals surface area contributed by atoms with Crippen LogP contribution in [-0.2, 0) is 15.0 Å². The predicted molar refractivity (Wildman–Crippen MR) is 106 cm³/mol. The molecule has 0 amide bonds. The molecule has 1 fully saturated rings. The van der Waals surface area contributed by atoms with Gasteiger partial charge < -0.3 is 19.9 Å². The Hall–Kier alpha value is -2.67. The molecule has 0 bridgehead atoms. The Balaban J connectivity index is 1.49. The van der Waals surface area contributed by atoms with E-state index in [-0.39, 0.29) is 17.7 Å². The fraction of sp³-hybridized carbons (Fsp3) is 0.455. The fourth-order valence-electron chi connectivity index (χ4n) is 4.46. The Bertz CT molecular complexity index is 976. The van der Waals surface area contributed by atoms with Crippen molar-refractivity contribution in [3.8, 4) is 16.9 Å². The molecule has 1 spiro atoms. The lowest BCUT2D eigenvalue weighted by Gasteiger charge is -2.41. The number of hydrogen-bond donors (Lipinski definition) is 1. The summed E-state index contributed by atoms with van der Waals surface area (Å²) in [5.74, 6) is 0.242. The van der Waals surface area contributed by atoms with Gasteiger partial charge in [-0.3, -0.25) is 0 Å². The summed E-state index contributed by atoms with van der Waals surface area (Å²) in [5.41, 5.74) is 7.27. The van der Waals surface area contributed by atoms with Crippen LogP contribution in [-0.4, -0.2) is 35.9 Å². The first kappa shape index (κ1) is 18.4. The first-order valence-electron chi connectivity index (χ1n) is 10.0. The standard InChI is InChI=1S/C22H24FN3O3/c1-21(8-10-28-21)7-6-15-12-22(13-27-20(24)26-22)17-11-14(4-5-18(17)29-15)16-3-2-9-25-19(16)23/h2-5,9,11,15H,6-8,10,12-13H2,1H3,(H2,24,26)/t15-,21?,22?/m0/s1. The molecule has 2 unspecified atom stereocenters. The van der Waals surface area contributed by atoms with Gasteiger partial charge in [-0.05, 0) is 56.0 Å². The molecule has 4 heterocycles. The van der Waals surface area contributed by atoms with E-state index in [1.807, 2.05) is 18.2 Å². The van der Waals surface area contributed by atoms with Crippen LogP contribution < -0.4 is 10.5 Å². The van der Waals surface area contributed by atoms with Crippen molar-refractivity contribution >= 4 is 6.02 Å². The number of pyridine rings is 1. The van der Waals surface area contributed by atoms with Crippen LogP contribution in [0.5, 0.6) is 5.75 Å². The van der Waals surface area contributed by atoms with E-state index in [9.17, 15) is 4.39 Å². The average Bonchev–Trinajstić information content (AvgIpc) is 3.06. The Morgan fingerprint density at radius 1 is 1.31 bits per heavy atom. The summed E-state index contributed by atoms with van der Waals surface area (Å²) in [7, 11) is 0. The summed E-state index contributed by atoms with van der Waals surface area (Å²) >= 11 is 0. The second kappa shape index (κ2) is 6.69. The zero-order valence-electron chi connectivity index (χ0n) is 16.4. The molecule has 3 aliphatic rings. The summed E-state index contributed by atoms with van der Waals surface area (Å²) in [4.78, 5) is 8.42. The molecule has 3 atom stereocenters. The van der Waals surface area contributed by atoms with E-state index in [0.29, 0.717) is 18.6 Å². The number of aliphatic imine (C=N–C) groups is 1. The molecule has 1 aromatic heterocycles. The van der Waals surface area contributed by atoms with Crippen molar-refractivity contribution in [2.45, 2.75) is 49.9 Å². The van der Waals surface area contributed by atoms with Crippen LogP contribution in [0.25, 0.3) is 11.1 Å². The average molecular weight is 397 g/mol. The molecule has 2 aromatic rings. The maximum Gasteiger partial charge on any atom is 0.283 e. The highest BCUT2D eigenvalue weighted by atomic mass is 19.1. The van der Waals surface area contributed by atoms with Crippen molar-refractivity contribution in [1.82, 2.24) is 4.98 Å². The van der Waals surface area contributed by atoms with Gasteiger partial charge in [0.05, 0.1) is 12.2 Å². The normalized spacial score (nSPS) is 30.1. The van der Waals surface area contributed by atoms with Crippen molar-refractivity contribution in [3.05, 3.63) is 48.0 Å². The first-order chi connectivity index (χ1) is 14.0. The van der Waals surface area contributed by atoms with E-state index in [1.165, 1.54) is 6.20 Å². The second-order valence-electron chi connectivity index (χ2n) is 8.35. The Morgan fingerprint density at radius 3 is 2.86 bits per heavy atom. The quantitative estimate of drug-likeness (QED) is 0.799. The third-order valence-corrected chi connectivity index (χ3v) is 6.27. The molecule has 0 radical (unpaired) electrons. The molecular weight excluding hydrogens is 373 g/mol. The maximum atomic E-state index is 14.2. The monoisotopic (exact) mass is 397 g/mol. The largest absolute Gasteiger partial charge is 0.490 e. The highest BCUT2D eigenvalue weighted by Gasteiger charge is 2.47. The molecule has 0 aliphatic carbocycles. The Kier molecular flexibility index (Phi) is 4.24. The van der Waals surface area contributed by atoms with Gasteiger partial charge in [-0.1, -0.05) is 6.07 Å². The van der Waals surface area contributed by atoms with Crippen molar-refractivity contribution in [2.24, 2.45) is 10.7 Å². The molecule has 1 saturated heterocycles. The summed E-state index contributed by atoms with van der Waals surface area (Å²) in [5, 5.41) is 0. The van der Waals surface area contributed by atoms with Crippen molar-refractivity contribution in [3.63, 3.8) is 0 Å². The van der Waals surface area contributed by atoms with E-state index in [2.05, 4.69) is 16.9 Å². The van der Waals surface area contributed by atoms with Gasteiger partial charge in [0.25, 0.3) is 6.02 Å². The van der Waals surface area contributed by atoms with Gasteiger partial charge in [-0.2, -0.15) is 4.39 Å². The molecule has 7 heteroatoms. The number of hydrogen-bond acceptors (Lipinski definition) is 6.